The maximum atomic E-state index is 5.19. The number of nitrogens with one attached hydrogen (secondary N) is 1. The van der Waals surface area contributed by atoms with Crippen molar-refractivity contribution in [3.05, 3.63) is 18.0 Å². The van der Waals surface area contributed by atoms with Crippen molar-refractivity contribution in [2.24, 2.45) is 7.05 Å². The van der Waals surface area contributed by atoms with Crippen molar-refractivity contribution in [1.29, 1.82) is 0 Å². The summed E-state index contributed by atoms with van der Waals surface area (Å²) in [6.07, 6.45) is 4.55. The van der Waals surface area contributed by atoms with Crippen LogP contribution in [0.15, 0.2) is 12.3 Å². The molecule has 0 radical (unpaired) electrons. The van der Waals surface area contributed by atoms with Gasteiger partial charge in [-0.15, -0.1) is 0 Å². The van der Waals surface area contributed by atoms with Crippen LogP contribution in [0.4, 0.5) is 11.8 Å². The quantitative estimate of drug-likeness (QED) is 0.898. The van der Waals surface area contributed by atoms with Crippen molar-refractivity contribution in [2.75, 3.05) is 12.4 Å². The normalized spacial score (nSPS) is 14.8. The first-order chi connectivity index (χ1) is 8.67. The number of anilines is 2. The number of methoxy groups -OCH3 is 1. The highest BCUT2D eigenvalue weighted by atomic mass is 16.5. The molecule has 0 aliphatic heterocycles. The van der Waals surface area contributed by atoms with Crippen LogP contribution in [0.3, 0.4) is 0 Å². The molecule has 1 aliphatic rings. The Labute approximate surface area is 106 Å². The molecule has 0 amide bonds. The van der Waals surface area contributed by atoms with E-state index in [2.05, 4.69) is 26.2 Å². The van der Waals surface area contributed by atoms with Crippen LogP contribution < -0.4 is 10.1 Å². The van der Waals surface area contributed by atoms with Crippen LogP contribution in [0, 0.1) is 6.92 Å². The Morgan fingerprint density at radius 3 is 2.83 bits per heavy atom. The van der Waals surface area contributed by atoms with Crippen LogP contribution in [0.25, 0.3) is 0 Å². The Hall–Kier alpha value is -1.98. The lowest BCUT2D eigenvalue weighted by atomic mass is 10.5. The number of imidazole rings is 1. The van der Waals surface area contributed by atoms with Gasteiger partial charge in [0.05, 0.1) is 12.8 Å². The number of hydrogen-bond donors (Lipinski definition) is 1. The van der Waals surface area contributed by atoms with E-state index in [-0.39, 0.29) is 0 Å². The fourth-order valence-electron chi connectivity index (χ4n) is 2.06. The fraction of sp³-hybridized carbons (Fsp3) is 0.500. The Kier molecular flexibility index (Phi) is 2.50. The summed E-state index contributed by atoms with van der Waals surface area (Å²) in [5.41, 5.74) is 1.02. The molecule has 18 heavy (non-hydrogen) atoms. The third-order valence-electron chi connectivity index (χ3n) is 3.08. The van der Waals surface area contributed by atoms with Crippen LogP contribution in [-0.2, 0) is 7.05 Å². The van der Waals surface area contributed by atoms with E-state index >= 15 is 0 Å². The summed E-state index contributed by atoms with van der Waals surface area (Å²) in [6, 6.07) is 2.46. The smallest absolute Gasteiger partial charge is 0.213 e. The minimum absolute atomic E-state index is 0.597. The SMILES string of the molecule is COc1cc(Nc2nc(C)cn2C2CC2)nn1C. The first kappa shape index (κ1) is 11.1. The van der Waals surface area contributed by atoms with Crippen LogP contribution in [0.5, 0.6) is 5.88 Å². The summed E-state index contributed by atoms with van der Waals surface area (Å²) in [5, 5.41) is 7.58. The molecule has 1 saturated carbocycles. The topological polar surface area (TPSA) is 56.9 Å². The van der Waals surface area contributed by atoms with Gasteiger partial charge in [0.2, 0.25) is 11.8 Å². The Bertz CT molecular complexity index is 567. The van der Waals surface area contributed by atoms with E-state index in [4.69, 9.17) is 4.74 Å². The van der Waals surface area contributed by atoms with Gasteiger partial charge in [0.1, 0.15) is 0 Å². The highest BCUT2D eigenvalue weighted by Gasteiger charge is 2.26. The molecule has 2 heterocycles. The first-order valence-corrected chi connectivity index (χ1v) is 6.08. The van der Waals surface area contributed by atoms with Gasteiger partial charge in [-0.1, -0.05) is 0 Å². The lowest BCUT2D eigenvalue weighted by Crippen LogP contribution is -2.02. The van der Waals surface area contributed by atoms with Gasteiger partial charge in [-0.05, 0) is 19.8 Å². The highest BCUT2D eigenvalue weighted by molar-refractivity contribution is 5.50. The molecule has 0 bridgehead atoms. The zero-order valence-electron chi connectivity index (χ0n) is 10.8. The summed E-state index contributed by atoms with van der Waals surface area (Å²) in [7, 11) is 3.48. The average molecular weight is 247 g/mol. The van der Waals surface area contributed by atoms with Crippen molar-refractivity contribution in [3.63, 3.8) is 0 Å². The van der Waals surface area contributed by atoms with Crippen molar-refractivity contribution in [3.8, 4) is 5.88 Å². The van der Waals surface area contributed by atoms with Crippen molar-refractivity contribution in [2.45, 2.75) is 25.8 Å². The molecule has 0 aromatic carbocycles. The van der Waals surface area contributed by atoms with E-state index in [9.17, 15) is 0 Å². The van der Waals surface area contributed by atoms with E-state index in [0.717, 1.165) is 23.3 Å². The molecule has 1 fully saturated rings. The molecule has 0 saturated heterocycles. The molecule has 0 unspecified atom stereocenters. The van der Waals surface area contributed by atoms with Gasteiger partial charge in [-0.3, -0.25) is 0 Å². The molecule has 6 heteroatoms. The van der Waals surface area contributed by atoms with Gasteiger partial charge >= 0.3 is 0 Å². The zero-order chi connectivity index (χ0) is 12.7. The van der Waals surface area contributed by atoms with Gasteiger partial charge in [-0.25, -0.2) is 9.67 Å². The maximum Gasteiger partial charge on any atom is 0.213 e. The lowest BCUT2D eigenvalue weighted by molar-refractivity contribution is 0.373. The molecule has 1 N–H and O–H groups in total. The van der Waals surface area contributed by atoms with Crippen molar-refractivity contribution < 1.29 is 4.74 Å². The summed E-state index contributed by atoms with van der Waals surface area (Å²) in [4.78, 5) is 4.49. The maximum absolute atomic E-state index is 5.19. The molecule has 2 aromatic heterocycles. The average Bonchev–Trinajstić information content (AvgIpc) is 3.02. The lowest BCUT2D eigenvalue weighted by Gasteiger charge is -2.05. The van der Waals surface area contributed by atoms with Crippen LogP contribution in [0.1, 0.15) is 24.6 Å². The number of ether oxygens (including phenoxy) is 1. The third-order valence-corrected chi connectivity index (χ3v) is 3.08. The van der Waals surface area contributed by atoms with E-state index in [1.165, 1.54) is 12.8 Å². The fourth-order valence-corrected chi connectivity index (χ4v) is 2.06. The second kappa shape index (κ2) is 4.04. The van der Waals surface area contributed by atoms with Crippen LogP contribution in [0.2, 0.25) is 0 Å². The number of rotatable bonds is 4. The molecule has 6 nitrogen and oxygen atoms in total. The van der Waals surface area contributed by atoms with E-state index in [1.54, 1.807) is 11.8 Å². The largest absolute Gasteiger partial charge is 0.481 e. The summed E-state index contributed by atoms with van der Waals surface area (Å²) >= 11 is 0. The summed E-state index contributed by atoms with van der Waals surface area (Å²) in [5.74, 6) is 2.33. The molecular formula is C12H17N5O. The van der Waals surface area contributed by atoms with Gasteiger partial charge < -0.3 is 14.6 Å². The van der Waals surface area contributed by atoms with Gasteiger partial charge in [0.15, 0.2) is 5.82 Å². The van der Waals surface area contributed by atoms with Gasteiger partial charge in [0.25, 0.3) is 0 Å². The number of nitrogens with zero attached hydrogens (tertiary/aromatic N) is 4. The predicted octanol–water partition coefficient (Wildman–Crippen LogP) is 2.01. The predicted molar refractivity (Wildman–Crippen MR) is 68.3 cm³/mol. The van der Waals surface area contributed by atoms with Gasteiger partial charge in [0, 0.05) is 25.4 Å². The Morgan fingerprint density at radius 2 is 2.22 bits per heavy atom. The molecule has 96 valence electrons. The van der Waals surface area contributed by atoms with E-state index in [0.29, 0.717) is 6.04 Å². The van der Waals surface area contributed by atoms with E-state index in [1.807, 2.05) is 20.0 Å². The molecule has 0 atom stereocenters. The van der Waals surface area contributed by atoms with Crippen LogP contribution >= 0.6 is 0 Å². The minimum Gasteiger partial charge on any atom is -0.481 e. The highest BCUT2D eigenvalue weighted by Crippen LogP contribution is 2.37. The number of aromatic nitrogens is 4. The number of hydrogen-bond acceptors (Lipinski definition) is 4. The zero-order valence-corrected chi connectivity index (χ0v) is 10.8. The first-order valence-electron chi connectivity index (χ1n) is 6.08. The Morgan fingerprint density at radius 1 is 1.44 bits per heavy atom. The third kappa shape index (κ3) is 1.94. The summed E-state index contributed by atoms with van der Waals surface area (Å²) in [6.45, 7) is 2.00. The molecule has 2 aromatic rings. The minimum atomic E-state index is 0.597. The second-order valence-corrected chi connectivity index (χ2v) is 4.66. The molecule has 0 spiro atoms. The van der Waals surface area contributed by atoms with E-state index < -0.39 is 0 Å². The molecule has 1 aliphatic carbocycles. The molecular weight excluding hydrogens is 230 g/mol. The van der Waals surface area contributed by atoms with Crippen molar-refractivity contribution >= 4 is 11.8 Å². The van der Waals surface area contributed by atoms with Crippen molar-refractivity contribution in [1.82, 2.24) is 19.3 Å². The Balaban J connectivity index is 1.86. The number of aryl methyl sites for hydroxylation is 2. The van der Waals surface area contributed by atoms with Crippen LogP contribution in [-0.4, -0.2) is 26.4 Å². The summed E-state index contributed by atoms with van der Waals surface area (Å²) < 4.78 is 9.08. The molecule has 3 rings (SSSR count). The monoisotopic (exact) mass is 247 g/mol. The van der Waals surface area contributed by atoms with Gasteiger partial charge in [-0.2, -0.15) is 5.10 Å². The second-order valence-electron chi connectivity index (χ2n) is 4.66. The standard InChI is InChI=1S/C12H17N5O/c1-8-7-17(9-4-5-9)12(13-8)14-10-6-11(18-3)16(2)15-10/h6-7,9H,4-5H2,1-3H3,(H,13,14,15).